The maximum Gasteiger partial charge on any atom is 0.474 e. The van der Waals surface area contributed by atoms with E-state index in [4.69, 9.17) is 64.9 Å². The molecule has 5 heterocycles. The molecule has 3 fully saturated rings. The van der Waals surface area contributed by atoms with E-state index in [-0.39, 0.29) is 46.0 Å². The number of amides is 3. The highest BCUT2D eigenvalue weighted by Gasteiger charge is 2.57. The molecule has 3 aromatic carbocycles. The van der Waals surface area contributed by atoms with E-state index in [1.54, 1.807) is 18.2 Å². The summed E-state index contributed by atoms with van der Waals surface area (Å²) in [6, 6.07) is 9.45. The zero-order valence-corrected chi connectivity index (χ0v) is 53.6. The number of allylic oxidation sites excluding steroid dienone is 5. The van der Waals surface area contributed by atoms with E-state index >= 15 is 0 Å². The van der Waals surface area contributed by atoms with Crippen LogP contribution in [0.4, 0.5) is 5.69 Å². The molecule has 3 saturated heterocycles. The number of aliphatic hydroxyl groups is 7. The van der Waals surface area contributed by atoms with Crippen molar-refractivity contribution in [3.63, 3.8) is 0 Å². The molecule has 17 atom stereocenters. The van der Waals surface area contributed by atoms with E-state index in [1.165, 1.54) is 53.6 Å². The molecule has 5 aliphatic heterocycles. The van der Waals surface area contributed by atoms with E-state index in [1.807, 2.05) is 27.7 Å². The molecule has 0 saturated carbocycles. The topological polar surface area (TPSA) is 491 Å². The number of thiocarbonyl (C=S) groups is 1. The summed E-state index contributed by atoms with van der Waals surface area (Å²) >= 11 is 5.47. The monoisotopic (exact) mass is 1380 g/mol. The smallest absolute Gasteiger partial charge is 0.474 e. The molecule has 5 aliphatic rings. The standard InChI is InChI=1S/C61H78N5O27PS/c1-27(2)8-6-9-28(3)10-7-11-29(4)18-19-84-42(55(79)80)26-85-94(82,83)93-59-53(50(77)49(76)52(90-59)54(62)78)91-58-45(64-30(5)69)48(75)51(41(25-68)88-58)89-57-44(47(74)46(73)40(24-67)87-57)66-43(72)23-63-60(95)65-31-12-15-35-34(20-31)56(81)92-61(35)36-16-13-32(70)21-38(36)86-39-22-33(71)14-17-37(39)61/h8,10,12-18,20-22,40-42,44-53,57-59,67-68,70-71,73-77H,6-7,9,11,19,23-26H2,1-5H3,(H2,62,78)(H,64,69)(H,66,72)(H,79,80)(H,82,83)(H2,63,65,95)/b28-10+,29-18-/t40?,41?,42-,44+,45+,46+,47?,48?,49-,50+,51-,52?,53?,57+,58+,59-/m1/s1. The lowest BCUT2D eigenvalue weighted by Gasteiger charge is -2.49. The maximum atomic E-state index is 13.7. The molecule has 1 spiro atoms. The number of ether oxygens (including phenoxy) is 8. The van der Waals surface area contributed by atoms with Crippen molar-refractivity contribution in [2.24, 2.45) is 5.73 Å². The second-order valence-electron chi connectivity index (χ2n) is 23.3. The predicted octanol–water partition coefficient (Wildman–Crippen LogP) is 0.184. The Morgan fingerprint density at radius 2 is 1.32 bits per heavy atom. The van der Waals surface area contributed by atoms with E-state index < -0.39 is 168 Å². The molecule has 34 heteroatoms. The number of carboxylic acids is 1. The molecule has 8 rings (SSSR count). The number of phenols is 2. The number of phenolic OH excluding ortho intramolecular Hbond substituents is 2. The van der Waals surface area contributed by atoms with Gasteiger partial charge in [0.05, 0.1) is 38.5 Å². The average Bonchev–Trinajstić information content (AvgIpc) is 1.60. The lowest BCUT2D eigenvalue weighted by molar-refractivity contribution is -0.358. The Morgan fingerprint density at radius 3 is 1.92 bits per heavy atom. The van der Waals surface area contributed by atoms with Crippen molar-refractivity contribution in [1.82, 2.24) is 16.0 Å². The number of aromatic hydroxyl groups is 2. The fourth-order valence-corrected chi connectivity index (χ4v) is 12.2. The minimum atomic E-state index is -5.60. The minimum absolute atomic E-state index is 0.0936. The third-order valence-electron chi connectivity index (χ3n) is 16.0. The van der Waals surface area contributed by atoms with Gasteiger partial charge in [0, 0.05) is 41.4 Å². The number of carboxylic acid groups (broad SMARTS) is 1. The van der Waals surface area contributed by atoms with Crippen LogP contribution >= 0.6 is 20.0 Å². The van der Waals surface area contributed by atoms with Crippen LogP contribution in [0, 0.1) is 0 Å². The number of nitrogens with one attached hydrogen (secondary N) is 4. The number of fused-ring (bicyclic) bond motifs is 6. The molecule has 3 amide bonds. The van der Waals surface area contributed by atoms with Gasteiger partial charge in [-0.1, -0.05) is 41.0 Å². The zero-order chi connectivity index (χ0) is 69.4. The first-order valence-corrected chi connectivity index (χ1v) is 31.8. The Kier molecular flexibility index (Phi) is 24.7. The molecule has 32 nitrogen and oxygen atoms in total. The number of hydrogen-bond acceptors (Lipinski definition) is 26. The van der Waals surface area contributed by atoms with Gasteiger partial charge in [0.25, 0.3) is 0 Å². The van der Waals surface area contributed by atoms with Crippen LogP contribution in [0.3, 0.4) is 0 Å². The third kappa shape index (κ3) is 17.6. The number of carbonyl (C=O) groups excluding carboxylic acids is 4. The minimum Gasteiger partial charge on any atom is -0.508 e. The summed E-state index contributed by atoms with van der Waals surface area (Å²) in [5.74, 6) is -5.60. The molecule has 0 bridgehead atoms. The Hall–Kier alpha value is -7.09. The van der Waals surface area contributed by atoms with Crippen molar-refractivity contribution in [1.29, 1.82) is 0 Å². The first-order chi connectivity index (χ1) is 44.9. The van der Waals surface area contributed by atoms with E-state index in [9.17, 15) is 84.5 Å². The Balaban J connectivity index is 0.922. The number of anilines is 1. The van der Waals surface area contributed by atoms with Crippen molar-refractivity contribution >= 4 is 60.5 Å². The van der Waals surface area contributed by atoms with Gasteiger partial charge in [-0.25, -0.2) is 14.2 Å². The normalized spacial score (nSPS) is 28.6. The predicted molar refractivity (Wildman–Crippen MR) is 331 cm³/mol. The Bertz CT molecular complexity index is 3410. The van der Waals surface area contributed by atoms with Gasteiger partial charge < -0.3 is 121 Å². The largest absolute Gasteiger partial charge is 0.508 e. The number of nitrogens with two attached hydrogens (primary N) is 1. The number of aliphatic carboxylic acids is 1. The van der Waals surface area contributed by atoms with Crippen molar-refractivity contribution in [2.45, 2.75) is 164 Å². The van der Waals surface area contributed by atoms with E-state index in [0.717, 1.165) is 25.3 Å². The molecule has 0 aliphatic carbocycles. The summed E-state index contributed by atoms with van der Waals surface area (Å²) in [7, 11) is -5.60. The van der Waals surface area contributed by atoms with Crippen LogP contribution in [0.1, 0.15) is 87.4 Å². The lowest BCUT2D eigenvalue weighted by Crippen LogP contribution is -2.70. The summed E-state index contributed by atoms with van der Waals surface area (Å²) < 4.78 is 70.4. The van der Waals surface area contributed by atoms with Gasteiger partial charge in [-0.15, -0.1) is 0 Å². The van der Waals surface area contributed by atoms with Crippen molar-refractivity contribution < 1.29 is 131 Å². The zero-order valence-electron chi connectivity index (χ0n) is 51.9. The summed E-state index contributed by atoms with van der Waals surface area (Å²) in [6.45, 7) is 4.75. The highest BCUT2D eigenvalue weighted by Crippen LogP contribution is 2.57. The van der Waals surface area contributed by atoms with Crippen molar-refractivity contribution in [3.05, 3.63) is 112 Å². The third-order valence-corrected chi connectivity index (χ3v) is 17.2. The quantitative estimate of drug-likeness (QED) is 0.0210. The number of benzene rings is 3. The maximum absolute atomic E-state index is 13.7. The van der Waals surface area contributed by atoms with Crippen LogP contribution in [-0.2, 0) is 71.5 Å². The molecule has 7 unspecified atom stereocenters. The molecular formula is C61H78N5O27PS. The highest BCUT2D eigenvalue weighted by molar-refractivity contribution is 7.80. The highest BCUT2D eigenvalue weighted by atomic mass is 32.1. The lowest BCUT2D eigenvalue weighted by atomic mass is 9.77. The van der Waals surface area contributed by atoms with Gasteiger partial charge >= 0.3 is 19.8 Å². The number of esters is 1. The number of aliphatic hydroxyl groups excluding tert-OH is 7. The van der Waals surface area contributed by atoms with Gasteiger partial charge in [0.1, 0.15) is 90.0 Å². The van der Waals surface area contributed by atoms with Gasteiger partial charge in [-0.05, 0) is 102 Å². The van der Waals surface area contributed by atoms with Crippen LogP contribution in [0.2, 0.25) is 0 Å². The van der Waals surface area contributed by atoms with Gasteiger partial charge in [-0.3, -0.25) is 23.4 Å². The summed E-state index contributed by atoms with van der Waals surface area (Å²) in [4.78, 5) is 75.8. The van der Waals surface area contributed by atoms with Crippen LogP contribution in [0.5, 0.6) is 23.0 Å². The average molecular weight is 1380 g/mol. The van der Waals surface area contributed by atoms with E-state index in [2.05, 4.69) is 33.4 Å². The van der Waals surface area contributed by atoms with Crippen molar-refractivity contribution in [2.75, 3.05) is 38.3 Å². The number of primary amides is 1. The van der Waals surface area contributed by atoms with E-state index in [0.29, 0.717) is 29.5 Å². The van der Waals surface area contributed by atoms with Crippen molar-refractivity contribution in [3.8, 4) is 23.0 Å². The second-order valence-corrected chi connectivity index (χ2v) is 25.2. The number of carbonyl (C=O) groups is 5. The first kappa shape index (κ1) is 73.7. The fraction of sp³-hybridized carbons (Fsp3) is 0.508. The Labute approximate surface area is 548 Å². The molecular weight excluding hydrogens is 1300 g/mol. The molecule has 95 heavy (non-hydrogen) atoms. The van der Waals surface area contributed by atoms with Gasteiger partial charge in [0.2, 0.25) is 17.7 Å². The molecule has 3 aromatic rings. The molecule has 520 valence electrons. The number of hydrogen-bond donors (Lipinski definition) is 16. The van der Waals surface area contributed by atoms with Crippen LogP contribution in [0.25, 0.3) is 0 Å². The number of rotatable bonds is 27. The van der Waals surface area contributed by atoms with Crippen LogP contribution < -0.4 is 31.7 Å². The van der Waals surface area contributed by atoms with Crippen LogP contribution in [-0.4, -0.2) is 222 Å². The van der Waals surface area contributed by atoms with Gasteiger partial charge in [-0.2, -0.15) is 0 Å². The fourth-order valence-electron chi connectivity index (χ4n) is 11.2. The van der Waals surface area contributed by atoms with Gasteiger partial charge in [0.15, 0.2) is 41.8 Å². The second kappa shape index (κ2) is 31.9. The SMILES string of the molecule is CC(=O)N[C@H]1C(O)[C@H](O[C@@H]2OC(CO)[C@H](O)C(O)[C@@H]2NC(=O)CNC(=S)Nc2ccc3c(c2)C(=O)OC32c3ccc(O)cc3Oc3cc(O)ccc32)C(CO)O[C@H]1OC1[C@@H](OP(=O)(O)OC[C@@H](OC/C=C(/C)CC/C=C(\C)CCC=C(C)C)C(=O)O)OC(C(N)=O)[C@H](O)[C@@H]1O. The Morgan fingerprint density at radius 1 is 0.726 bits per heavy atom. The van der Waals surface area contributed by atoms with Crippen LogP contribution in [0.15, 0.2) is 89.5 Å². The number of phosphoric acid groups is 1. The first-order valence-electron chi connectivity index (χ1n) is 29.9. The summed E-state index contributed by atoms with van der Waals surface area (Å²) in [6.07, 6.45) is -19.9. The molecule has 17 N–H and O–H groups in total. The summed E-state index contributed by atoms with van der Waals surface area (Å²) in [5, 5.41) is 118. The molecule has 0 aromatic heterocycles. The molecule has 0 radical (unpaired) electrons. The summed E-state index contributed by atoms with van der Waals surface area (Å²) in [5.41, 5.74) is 8.59. The number of phosphoric ester groups is 1.